The summed E-state index contributed by atoms with van der Waals surface area (Å²) >= 11 is 0. The summed E-state index contributed by atoms with van der Waals surface area (Å²) in [7, 11) is 0. The Bertz CT molecular complexity index is 1040. The fourth-order valence-corrected chi connectivity index (χ4v) is 3.97. The van der Waals surface area contributed by atoms with Gasteiger partial charge in [0.25, 0.3) is 5.91 Å². The molecular weight excluding hydrogens is 442 g/mol. The molecular formula is C28H37N3O4. The third-order valence-electron chi connectivity index (χ3n) is 5.84. The number of carbonyl (C=O) groups excluding carboxylic acids is 3. The summed E-state index contributed by atoms with van der Waals surface area (Å²) < 4.78 is 5.41. The predicted molar refractivity (Wildman–Crippen MR) is 137 cm³/mol. The monoisotopic (exact) mass is 479 g/mol. The molecule has 0 bridgehead atoms. The Morgan fingerprint density at radius 2 is 1.57 bits per heavy atom. The van der Waals surface area contributed by atoms with Crippen LogP contribution in [0.25, 0.3) is 0 Å². The summed E-state index contributed by atoms with van der Waals surface area (Å²) in [4.78, 5) is 41.9. The summed E-state index contributed by atoms with van der Waals surface area (Å²) in [5.74, 6) is -0.778. The van der Waals surface area contributed by atoms with Gasteiger partial charge in [0.15, 0.2) is 0 Å². The molecule has 0 radical (unpaired) electrons. The highest BCUT2D eigenvalue weighted by Gasteiger charge is 2.44. The number of anilines is 1. The van der Waals surface area contributed by atoms with E-state index in [1.165, 1.54) is 0 Å². The number of aryl methyl sites for hydroxylation is 1. The molecule has 2 N–H and O–H groups in total. The molecule has 1 aliphatic rings. The van der Waals surface area contributed by atoms with Crippen LogP contribution in [0.4, 0.5) is 10.5 Å². The van der Waals surface area contributed by atoms with Crippen molar-refractivity contribution in [3.63, 3.8) is 0 Å². The Kier molecular flexibility index (Phi) is 8.20. The van der Waals surface area contributed by atoms with Gasteiger partial charge in [-0.3, -0.25) is 9.59 Å². The molecule has 2 aromatic rings. The van der Waals surface area contributed by atoms with Crippen molar-refractivity contribution in [3.8, 4) is 0 Å². The van der Waals surface area contributed by atoms with Crippen molar-refractivity contribution in [2.24, 2.45) is 5.92 Å². The minimum Gasteiger partial charge on any atom is -0.444 e. The average molecular weight is 480 g/mol. The molecule has 0 spiro atoms. The number of nitrogens with zero attached hydrogens (tertiary/aromatic N) is 1. The van der Waals surface area contributed by atoms with Crippen LogP contribution in [0.3, 0.4) is 0 Å². The summed E-state index contributed by atoms with van der Waals surface area (Å²) in [6, 6.07) is 15.1. The molecule has 3 rings (SSSR count). The fourth-order valence-electron chi connectivity index (χ4n) is 3.97. The largest absolute Gasteiger partial charge is 0.444 e. The predicted octanol–water partition coefficient (Wildman–Crippen LogP) is 5.22. The van der Waals surface area contributed by atoms with E-state index in [4.69, 9.17) is 4.74 Å². The van der Waals surface area contributed by atoms with E-state index < -0.39 is 23.8 Å². The van der Waals surface area contributed by atoms with E-state index in [0.29, 0.717) is 5.69 Å². The van der Waals surface area contributed by atoms with Crippen molar-refractivity contribution in [1.29, 1.82) is 0 Å². The van der Waals surface area contributed by atoms with Crippen LogP contribution in [0.1, 0.15) is 64.6 Å². The minimum absolute atomic E-state index is 0.0722. The average Bonchev–Trinajstić information content (AvgIpc) is 3.61. The Hall–Kier alpha value is -3.35. The molecule has 0 aromatic heterocycles. The molecule has 1 saturated carbocycles. The van der Waals surface area contributed by atoms with E-state index in [1.54, 1.807) is 25.7 Å². The van der Waals surface area contributed by atoms with Gasteiger partial charge in [-0.15, -0.1) is 0 Å². The number of carbonyl (C=O) groups is 3. The Morgan fingerprint density at radius 3 is 2.11 bits per heavy atom. The zero-order chi connectivity index (χ0) is 25.8. The number of hydrogen-bond acceptors (Lipinski definition) is 4. The highest BCUT2D eigenvalue weighted by atomic mass is 16.6. The normalized spacial score (nSPS) is 15.2. The van der Waals surface area contributed by atoms with Crippen LogP contribution in [-0.4, -0.2) is 40.5 Å². The van der Waals surface area contributed by atoms with E-state index in [-0.39, 0.29) is 23.8 Å². The lowest BCUT2D eigenvalue weighted by molar-refractivity contribution is -0.142. The summed E-state index contributed by atoms with van der Waals surface area (Å²) in [5, 5.41) is 5.78. The van der Waals surface area contributed by atoms with Crippen molar-refractivity contribution in [2.75, 3.05) is 5.32 Å². The molecule has 2 atom stereocenters. The topological polar surface area (TPSA) is 87.7 Å². The molecule has 7 nitrogen and oxygen atoms in total. The highest BCUT2D eigenvalue weighted by Crippen LogP contribution is 2.36. The van der Waals surface area contributed by atoms with Crippen LogP contribution in [0, 0.1) is 12.8 Å². The number of nitrogens with one attached hydrogen (secondary N) is 2. The first-order chi connectivity index (χ1) is 16.5. The van der Waals surface area contributed by atoms with Gasteiger partial charge in [0, 0.05) is 11.7 Å². The second-order valence-electron chi connectivity index (χ2n) is 10.5. The van der Waals surface area contributed by atoms with E-state index in [9.17, 15) is 14.4 Å². The van der Waals surface area contributed by atoms with Crippen LogP contribution in [0.15, 0.2) is 54.6 Å². The van der Waals surface area contributed by atoms with Crippen LogP contribution in [0.5, 0.6) is 0 Å². The van der Waals surface area contributed by atoms with E-state index in [2.05, 4.69) is 10.6 Å². The van der Waals surface area contributed by atoms with E-state index in [0.717, 1.165) is 24.0 Å². The number of ether oxygens (including phenoxy) is 1. The minimum atomic E-state index is -0.836. The standard InChI is InChI=1S/C28H37N3O4/c1-18(2)23(30-27(34)35-28(4,5)6)26(33)31(21-16-17-21)24(20-13-8-7-9-14-20)25(32)29-22-15-11-10-12-19(22)3/h7-15,18,21,23-24H,16-17H2,1-6H3,(H,29,32)(H,30,34). The molecule has 188 valence electrons. The van der Waals surface area contributed by atoms with E-state index in [1.807, 2.05) is 75.4 Å². The van der Waals surface area contributed by atoms with Gasteiger partial charge in [0.05, 0.1) is 0 Å². The second kappa shape index (κ2) is 10.9. The smallest absolute Gasteiger partial charge is 0.408 e. The maximum Gasteiger partial charge on any atom is 0.408 e. The second-order valence-corrected chi connectivity index (χ2v) is 10.5. The van der Waals surface area contributed by atoms with Crippen molar-refractivity contribution >= 4 is 23.6 Å². The van der Waals surface area contributed by atoms with Crippen molar-refractivity contribution in [3.05, 3.63) is 65.7 Å². The van der Waals surface area contributed by atoms with Gasteiger partial charge in [0.2, 0.25) is 5.91 Å². The molecule has 1 fully saturated rings. The molecule has 35 heavy (non-hydrogen) atoms. The maximum atomic E-state index is 14.0. The lowest BCUT2D eigenvalue weighted by Gasteiger charge is -2.35. The van der Waals surface area contributed by atoms with Gasteiger partial charge in [-0.1, -0.05) is 62.4 Å². The summed E-state index contributed by atoms with van der Waals surface area (Å²) in [6.07, 6.45) is 0.967. The van der Waals surface area contributed by atoms with Gasteiger partial charge in [-0.25, -0.2) is 4.79 Å². The molecule has 2 aromatic carbocycles. The van der Waals surface area contributed by atoms with Gasteiger partial charge in [-0.2, -0.15) is 0 Å². The van der Waals surface area contributed by atoms with Gasteiger partial charge in [-0.05, 0) is 63.6 Å². The molecule has 0 heterocycles. The summed E-state index contributed by atoms with van der Waals surface area (Å²) in [6.45, 7) is 11.0. The Labute approximate surface area is 208 Å². The highest BCUT2D eigenvalue weighted by molar-refractivity contribution is 5.99. The Morgan fingerprint density at radius 1 is 0.971 bits per heavy atom. The first-order valence-electron chi connectivity index (χ1n) is 12.2. The van der Waals surface area contributed by atoms with Crippen LogP contribution < -0.4 is 10.6 Å². The Balaban J connectivity index is 1.95. The number of benzene rings is 2. The van der Waals surface area contributed by atoms with Crippen LogP contribution >= 0.6 is 0 Å². The zero-order valence-corrected chi connectivity index (χ0v) is 21.5. The zero-order valence-electron chi connectivity index (χ0n) is 21.5. The van der Waals surface area contributed by atoms with Gasteiger partial charge < -0.3 is 20.3 Å². The van der Waals surface area contributed by atoms with Crippen molar-refractivity contribution in [1.82, 2.24) is 10.2 Å². The van der Waals surface area contributed by atoms with Crippen LogP contribution in [0.2, 0.25) is 0 Å². The van der Waals surface area contributed by atoms with E-state index >= 15 is 0 Å². The molecule has 3 amide bonds. The molecule has 0 aliphatic heterocycles. The first kappa shape index (κ1) is 26.3. The van der Waals surface area contributed by atoms with Crippen LogP contribution in [-0.2, 0) is 14.3 Å². The molecule has 7 heteroatoms. The third-order valence-corrected chi connectivity index (χ3v) is 5.84. The lowest BCUT2D eigenvalue weighted by atomic mass is 9.98. The fraction of sp³-hybridized carbons (Fsp3) is 0.464. The molecule has 2 unspecified atom stereocenters. The number of rotatable bonds is 8. The maximum absolute atomic E-state index is 14.0. The number of amides is 3. The summed E-state index contributed by atoms with van der Waals surface area (Å²) in [5.41, 5.74) is 1.67. The first-order valence-corrected chi connectivity index (χ1v) is 12.2. The number of para-hydroxylation sites is 1. The molecule has 0 saturated heterocycles. The van der Waals surface area contributed by atoms with Gasteiger partial charge in [0.1, 0.15) is 17.7 Å². The number of hydrogen-bond donors (Lipinski definition) is 2. The van der Waals surface area contributed by atoms with Crippen molar-refractivity contribution in [2.45, 2.75) is 78.1 Å². The lowest BCUT2D eigenvalue weighted by Crippen LogP contribution is -2.55. The quantitative estimate of drug-likeness (QED) is 0.544. The SMILES string of the molecule is Cc1ccccc1NC(=O)C(c1ccccc1)N(C(=O)C(NC(=O)OC(C)(C)C)C(C)C)C1CC1. The molecule has 1 aliphatic carbocycles. The van der Waals surface area contributed by atoms with Crippen molar-refractivity contribution < 1.29 is 19.1 Å². The van der Waals surface area contributed by atoms with Gasteiger partial charge >= 0.3 is 6.09 Å². The number of alkyl carbamates (subject to hydrolysis) is 1. The third kappa shape index (κ3) is 7.07.